The van der Waals surface area contributed by atoms with E-state index in [9.17, 15) is 5.11 Å². The topological polar surface area (TPSA) is 49.7 Å². The van der Waals surface area contributed by atoms with Gasteiger partial charge in [-0.1, -0.05) is 30.3 Å². The van der Waals surface area contributed by atoms with Gasteiger partial charge in [0.15, 0.2) is 0 Å². The summed E-state index contributed by atoms with van der Waals surface area (Å²) in [5.41, 5.74) is 3.46. The van der Waals surface area contributed by atoms with E-state index in [-0.39, 0.29) is 0 Å². The van der Waals surface area contributed by atoms with E-state index in [0.717, 1.165) is 47.8 Å². The number of benzene rings is 2. The molecule has 4 nitrogen and oxygen atoms in total. The predicted octanol–water partition coefficient (Wildman–Crippen LogP) is 2.75. The number of hydrogen-bond acceptors (Lipinski definition) is 2. The van der Waals surface area contributed by atoms with Crippen molar-refractivity contribution in [3.05, 3.63) is 65.9 Å². The molecule has 4 heteroatoms. The zero-order chi connectivity index (χ0) is 18.6. The molecule has 2 aromatic carbocycles. The van der Waals surface area contributed by atoms with Crippen LogP contribution in [0, 0.1) is 5.92 Å². The molecule has 0 amide bonds. The summed E-state index contributed by atoms with van der Waals surface area (Å²) in [6.45, 7) is 3.04. The molecule has 1 atom stereocenters. The third-order valence-corrected chi connectivity index (χ3v) is 5.94. The Balaban J connectivity index is 1.35. The molecule has 1 fully saturated rings. The molecule has 2 heterocycles. The van der Waals surface area contributed by atoms with Gasteiger partial charge in [0.05, 0.1) is 20.2 Å². The monoisotopic (exact) mass is 365 g/mol. The molecule has 1 aromatic heterocycles. The molecular formula is C23H29N2O2+. The van der Waals surface area contributed by atoms with E-state index < -0.39 is 6.10 Å². The molecule has 0 aliphatic carbocycles. The van der Waals surface area contributed by atoms with Crippen LogP contribution in [0.4, 0.5) is 0 Å². The highest BCUT2D eigenvalue weighted by Crippen LogP contribution is 2.27. The van der Waals surface area contributed by atoms with Gasteiger partial charge in [0.1, 0.15) is 18.4 Å². The Morgan fingerprint density at radius 2 is 1.93 bits per heavy atom. The highest BCUT2D eigenvalue weighted by molar-refractivity contribution is 5.85. The van der Waals surface area contributed by atoms with Gasteiger partial charge in [-0.2, -0.15) is 0 Å². The second-order valence-electron chi connectivity index (χ2n) is 7.76. The summed E-state index contributed by atoms with van der Waals surface area (Å²) in [6, 6.07) is 16.8. The number of nitrogens with one attached hydrogen (secondary N) is 2. The molecule has 1 saturated heterocycles. The number of methoxy groups -OCH3 is 1. The first kappa shape index (κ1) is 18.1. The van der Waals surface area contributed by atoms with E-state index in [4.69, 9.17) is 4.74 Å². The number of hydrogen-bond donors (Lipinski definition) is 3. The van der Waals surface area contributed by atoms with Crippen LogP contribution in [0.15, 0.2) is 54.7 Å². The molecule has 4 rings (SSSR count). The largest absolute Gasteiger partial charge is 0.497 e. The van der Waals surface area contributed by atoms with Crippen molar-refractivity contribution in [2.45, 2.75) is 25.4 Å². The van der Waals surface area contributed by atoms with Crippen LogP contribution in [0.25, 0.3) is 10.9 Å². The van der Waals surface area contributed by atoms with Crippen molar-refractivity contribution in [3.8, 4) is 5.75 Å². The summed E-state index contributed by atoms with van der Waals surface area (Å²) < 4.78 is 5.34. The lowest BCUT2D eigenvalue weighted by atomic mass is 9.90. The molecule has 3 N–H and O–H groups in total. The number of quaternary nitrogens is 1. The molecule has 27 heavy (non-hydrogen) atoms. The SMILES string of the molecule is COc1ccc2[nH]cc([C@@H](O)C[NH+]3CCC(Cc4ccccc4)CC3)c2c1. The van der Waals surface area contributed by atoms with Gasteiger partial charge in [-0.15, -0.1) is 0 Å². The third kappa shape index (κ3) is 4.18. The number of H-pyrrole nitrogens is 1. The van der Waals surface area contributed by atoms with Crippen LogP contribution in [0.2, 0.25) is 0 Å². The first-order chi connectivity index (χ1) is 13.2. The zero-order valence-corrected chi connectivity index (χ0v) is 15.9. The summed E-state index contributed by atoms with van der Waals surface area (Å²) >= 11 is 0. The average Bonchev–Trinajstić information content (AvgIpc) is 3.13. The lowest BCUT2D eigenvalue weighted by molar-refractivity contribution is -0.910. The molecule has 3 aromatic rings. The fourth-order valence-corrected chi connectivity index (χ4v) is 4.35. The van der Waals surface area contributed by atoms with Crippen LogP contribution in [-0.4, -0.2) is 36.8 Å². The summed E-state index contributed by atoms with van der Waals surface area (Å²) in [5.74, 6) is 1.59. The summed E-state index contributed by atoms with van der Waals surface area (Å²) in [5, 5.41) is 11.9. The molecule has 0 spiro atoms. The van der Waals surface area contributed by atoms with Crippen molar-refractivity contribution >= 4 is 10.9 Å². The Morgan fingerprint density at radius 3 is 2.67 bits per heavy atom. The van der Waals surface area contributed by atoms with Gasteiger partial charge in [0.25, 0.3) is 0 Å². The number of likely N-dealkylation sites (tertiary alicyclic amines) is 1. The van der Waals surface area contributed by atoms with Crippen LogP contribution in [0.3, 0.4) is 0 Å². The van der Waals surface area contributed by atoms with Crippen LogP contribution in [0.1, 0.15) is 30.1 Å². The van der Waals surface area contributed by atoms with Gasteiger partial charge in [0, 0.05) is 22.7 Å². The van der Waals surface area contributed by atoms with E-state index >= 15 is 0 Å². The highest BCUT2D eigenvalue weighted by Gasteiger charge is 2.25. The minimum atomic E-state index is -0.452. The maximum Gasteiger partial charge on any atom is 0.130 e. The second kappa shape index (κ2) is 8.15. The number of fused-ring (bicyclic) bond motifs is 1. The van der Waals surface area contributed by atoms with Crippen molar-refractivity contribution in [2.24, 2.45) is 5.92 Å². The quantitative estimate of drug-likeness (QED) is 0.629. The summed E-state index contributed by atoms with van der Waals surface area (Å²) in [7, 11) is 1.67. The van der Waals surface area contributed by atoms with E-state index in [1.54, 1.807) is 7.11 Å². The van der Waals surface area contributed by atoms with E-state index in [1.165, 1.54) is 29.7 Å². The Hall–Kier alpha value is -2.30. The van der Waals surface area contributed by atoms with Gasteiger partial charge in [-0.3, -0.25) is 0 Å². The number of piperidine rings is 1. The lowest BCUT2D eigenvalue weighted by Crippen LogP contribution is -3.13. The minimum Gasteiger partial charge on any atom is -0.497 e. The molecule has 142 valence electrons. The average molecular weight is 365 g/mol. The van der Waals surface area contributed by atoms with Gasteiger partial charge >= 0.3 is 0 Å². The van der Waals surface area contributed by atoms with Crippen LogP contribution >= 0.6 is 0 Å². The molecule has 0 saturated carbocycles. The molecule has 0 radical (unpaired) electrons. The number of rotatable bonds is 6. The Kier molecular flexibility index (Phi) is 5.46. The maximum atomic E-state index is 10.8. The van der Waals surface area contributed by atoms with Crippen LogP contribution in [0.5, 0.6) is 5.75 Å². The van der Waals surface area contributed by atoms with E-state index in [2.05, 4.69) is 35.3 Å². The predicted molar refractivity (Wildman–Crippen MR) is 108 cm³/mol. The molecule has 1 aliphatic heterocycles. The summed E-state index contributed by atoms with van der Waals surface area (Å²) in [6.07, 6.45) is 5.14. The molecule has 0 unspecified atom stereocenters. The van der Waals surface area contributed by atoms with Crippen LogP contribution in [-0.2, 0) is 6.42 Å². The normalized spacial score (nSPS) is 21.3. The Bertz CT molecular complexity index is 866. The van der Waals surface area contributed by atoms with Crippen molar-refractivity contribution in [2.75, 3.05) is 26.7 Å². The van der Waals surface area contributed by atoms with Gasteiger partial charge in [-0.05, 0) is 48.9 Å². The fourth-order valence-electron chi connectivity index (χ4n) is 4.35. The van der Waals surface area contributed by atoms with Crippen LogP contribution < -0.4 is 9.64 Å². The van der Waals surface area contributed by atoms with E-state index in [0.29, 0.717) is 0 Å². The van der Waals surface area contributed by atoms with Gasteiger partial charge in [-0.25, -0.2) is 0 Å². The number of aromatic nitrogens is 1. The second-order valence-corrected chi connectivity index (χ2v) is 7.76. The molecule has 0 bridgehead atoms. The first-order valence-corrected chi connectivity index (χ1v) is 9.93. The molecule has 1 aliphatic rings. The minimum absolute atomic E-state index is 0.452. The van der Waals surface area contributed by atoms with E-state index in [1.807, 2.05) is 24.4 Å². The fraction of sp³-hybridized carbons (Fsp3) is 0.391. The first-order valence-electron chi connectivity index (χ1n) is 9.93. The lowest BCUT2D eigenvalue weighted by Gasteiger charge is -2.30. The highest BCUT2D eigenvalue weighted by atomic mass is 16.5. The van der Waals surface area contributed by atoms with Crippen molar-refractivity contribution in [1.29, 1.82) is 0 Å². The smallest absolute Gasteiger partial charge is 0.130 e. The Morgan fingerprint density at radius 1 is 1.15 bits per heavy atom. The zero-order valence-electron chi connectivity index (χ0n) is 15.9. The molecular weight excluding hydrogens is 336 g/mol. The number of aromatic amines is 1. The number of ether oxygens (including phenoxy) is 1. The van der Waals surface area contributed by atoms with Gasteiger partial charge in [0.2, 0.25) is 0 Å². The Labute approximate surface area is 160 Å². The van der Waals surface area contributed by atoms with Crippen molar-refractivity contribution in [1.82, 2.24) is 4.98 Å². The number of aliphatic hydroxyl groups excluding tert-OH is 1. The van der Waals surface area contributed by atoms with Gasteiger partial charge < -0.3 is 19.7 Å². The summed E-state index contributed by atoms with van der Waals surface area (Å²) in [4.78, 5) is 4.77. The maximum absolute atomic E-state index is 10.8. The third-order valence-electron chi connectivity index (χ3n) is 5.94. The van der Waals surface area contributed by atoms with Crippen molar-refractivity contribution < 1.29 is 14.7 Å². The number of aliphatic hydroxyl groups is 1. The standard InChI is InChI=1S/C23H28N2O2/c1-27-19-7-8-22-20(14-19)21(15-24-22)23(26)16-25-11-9-18(10-12-25)13-17-5-3-2-4-6-17/h2-8,14-15,18,23-24,26H,9-13,16H2,1H3/p+1/t23-/m0/s1. The van der Waals surface area contributed by atoms with Crippen molar-refractivity contribution in [3.63, 3.8) is 0 Å².